The SMILES string of the molecule is CCc1[nH]nc2c1c(=O)n(-c1ccccc1)c1nc(NC[C@H]3COc4ccccc4O3)ncc21. The molecule has 0 fully saturated rings. The lowest BCUT2D eigenvalue weighted by atomic mass is 10.1. The van der Waals surface area contributed by atoms with Crippen molar-refractivity contribution in [3.8, 4) is 17.2 Å². The van der Waals surface area contributed by atoms with E-state index in [-0.39, 0.29) is 11.7 Å². The standard InChI is InChI=1S/C25H22N6O3/c1-2-18-21-22(30-29-18)17-13-27-25(26-12-16-14-33-19-10-6-7-11-20(19)34-16)28-23(17)31(24(21)32)15-8-4-3-5-9-15/h3-11,13,16H,2,12,14H2,1H3,(H,29,30)(H,26,27,28)/t16-/m0/s1. The zero-order valence-corrected chi connectivity index (χ0v) is 18.5. The molecule has 170 valence electrons. The van der Waals surface area contributed by atoms with Gasteiger partial charge >= 0.3 is 0 Å². The monoisotopic (exact) mass is 454 g/mol. The third-order valence-electron chi connectivity index (χ3n) is 5.92. The number of para-hydroxylation sites is 3. The summed E-state index contributed by atoms with van der Waals surface area (Å²) in [6.45, 7) is 2.85. The summed E-state index contributed by atoms with van der Waals surface area (Å²) in [4.78, 5) is 22.8. The van der Waals surface area contributed by atoms with Crippen LogP contribution in [0.4, 0.5) is 5.95 Å². The molecule has 0 saturated carbocycles. The Kier molecular flexibility index (Phi) is 4.87. The average Bonchev–Trinajstić information content (AvgIpc) is 3.33. The largest absolute Gasteiger partial charge is 0.486 e. The molecule has 2 aromatic carbocycles. The Hall–Kier alpha value is -4.40. The second-order valence-corrected chi connectivity index (χ2v) is 8.06. The Morgan fingerprint density at radius 3 is 2.74 bits per heavy atom. The second-order valence-electron chi connectivity index (χ2n) is 8.06. The first kappa shape index (κ1) is 20.2. The number of aryl methyl sites for hydroxylation is 1. The van der Waals surface area contributed by atoms with Gasteiger partial charge in [-0.1, -0.05) is 37.3 Å². The van der Waals surface area contributed by atoms with Gasteiger partial charge in [0.25, 0.3) is 5.56 Å². The van der Waals surface area contributed by atoms with Gasteiger partial charge in [-0.05, 0) is 30.7 Å². The number of hydrogen-bond donors (Lipinski definition) is 2. The van der Waals surface area contributed by atoms with E-state index in [4.69, 9.17) is 14.5 Å². The first-order chi connectivity index (χ1) is 16.7. The molecule has 0 spiro atoms. The maximum atomic E-state index is 13.6. The molecule has 1 atom stereocenters. The summed E-state index contributed by atoms with van der Waals surface area (Å²) in [5, 5.41) is 11.9. The van der Waals surface area contributed by atoms with Gasteiger partial charge in [-0.2, -0.15) is 10.1 Å². The number of nitrogens with zero attached hydrogens (tertiary/aromatic N) is 4. The number of fused-ring (bicyclic) bond motifs is 4. The minimum Gasteiger partial charge on any atom is -0.486 e. The lowest BCUT2D eigenvalue weighted by Crippen LogP contribution is -2.35. The van der Waals surface area contributed by atoms with E-state index in [1.165, 1.54) is 0 Å². The van der Waals surface area contributed by atoms with Crippen LogP contribution in [0.1, 0.15) is 12.6 Å². The number of nitrogens with one attached hydrogen (secondary N) is 2. The zero-order valence-electron chi connectivity index (χ0n) is 18.5. The number of hydrogen-bond acceptors (Lipinski definition) is 7. The third kappa shape index (κ3) is 3.33. The summed E-state index contributed by atoms with van der Waals surface area (Å²) in [5.41, 5.74) is 2.43. The van der Waals surface area contributed by atoms with Crippen LogP contribution in [0.3, 0.4) is 0 Å². The van der Waals surface area contributed by atoms with Gasteiger partial charge in [0.05, 0.1) is 23.0 Å². The molecule has 2 N–H and O–H groups in total. The molecule has 4 heterocycles. The van der Waals surface area contributed by atoms with Crippen molar-refractivity contribution in [2.45, 2.75) is 19.4 Å². The summed E-state index contributed by atoms with van der Waals surface area (Å²) in [6.07, 6.45) is 2.17. The van der Waals surface area contributed by atoms with Crippen LogP contribution < -0.4 is 20.3 Å². The van der Waals surface area contributed by atoms with Crippen molar-refractivity contribution >= 4 is 27.9 Å². The van der Waals surface area contributed by atoms with E-state index in [0.29, 0.717) is 53.2 Å². The second kappa shape index (κ2) is 8.18. The molecule has 9 heteroatoms. The summed E-state index contributed by atoms with van der Waals surface area (Å²) < 4.78 is 13.4. The first-order valence-electron chi connectivity index (χ1n) is 11.2. The lowest BCUT2D eigenvalue weighted by Gasteiger charge is -2.26. The topological polar surface area (TPSA) is 107 Å². The fourth-order valence-electron chi connectivity index (χ4n) is 4.25. The Labute approximate surface area is 194 Å². The highest BCUT2D eigenvalue weighted by Crippen LogP contribution is 2.31. The van der Waals surface area contributed by atoms with E-state index in [9.17, 15) is 4.79 Å². The normalized spacial score (nSPS) is 15.0. The average molecular weight is 454 g/mol. The number of anilines is 1. The van der Waals surface area contributed by atoms with E-state index in [0.717, 1.165) is 17.1 Å². The number of aromatic nitrogens is 5. The van der Waals surface area contributed by atoms with Gasteiger partial charge in [-0.15, -0.1) is 0 Å². The zero-order chi connectivity index (χ0) is 23.1. The maximum absolute atomic E-state index is 13.6. The number of benzene rings is 2. The van der Waals surface area contributed by atoms with Crippen molar-refractivity contribution in [3.63, 3.8) is 0 Å². The van der Waals surface area contributed by atoms with Crippen LogP contribution in [0.2, 0.25) is 0 Å². The molecule has 5 aromatic rings. The molecule has 0 aliphatic carbocycles. The molecular formula is C25H22N6O3. The fourth-order valence-corrected chi connectivity index (χ4v) is 4.25. The Morgan fingerprint density at radius 1 is 1.12 bits per heavy atom. The molecule has 34 heavy (non-hydrogen) atoms. The van der Waals surface area contributed by atoms with E-state index in [1.807, 2.05) is 61.5 Å². The van der Waals surface area contributed by atoms with Gasteiger partial charge in [-0.25, -0.2) is 4.98 Å². The number of H-pyrrole nitrogens is 1. The van der Waals surface area contributed by atoms with Crippen molar-refractivity contribution in [2.75, 3.05) is 18.5 Å². The van der Waals surface area contributed by atoms with E-state index >= 15 is 0 Å². The molecule has 0 unspecified atom stereocenters. The van der Waals surface area contributed by atoms with Gasteiger partial charge < -0.3 is 14.8 Å². The van der Waals surface area contributed by atoms with Crippen molar-refractivity contribution in [1.82, 2.24) is 24.7 Å². The summed E-state index contributed by atoms with van der Waals surface area (Å²) >= 11 is 0. The number of pyridine rings is 1. The number of ether oxygens (including phenoxy) is 2. The molecule has 0 amide bonds. The Bertz CT molecular complexity index is 1560. The minimum absolute atomic E-state index is 0.162. The van der Waals surface area contributed by atoms with Gasteiger partial charge in [0, 0.05) is 11.9 Å². The van der Waals surface area contributed by atoms with Crippen molar-refractivity contribution < 1.29 is 9.47 Å². The maximum Gasteiger partial charge on any atom is 0.268 e. The molecule has 0 bridgehead atoms. The molecule has 0 radical (unpaired) electrons. The quantitative estimate of drug-likeness (QED) is 0.419. The molecule has 3 aromatic heterocycles. The highest BCUT2D eigenvalue weighted by atomic mass is 16.6. The number of aromatic amines is 1. The highest BCUT2D eigenvalue weighted by Gasteiger charge is 2.22. The van der Waals surface area contributed by atoms with Gasteiger partial charge in [-0.3, -0.25) is 14.5 Å². The van der Waals surface area contributed by atoms with Crippen LogP contribution in [0.5, 0.6) is 11.5 Å². The molecule has 6 rings (SSSR count). The Balaban J connectivity index is 1.40. The van der Waals surface area contributed by atoms with Crippen LogP contribution >= 0.6 is 0 Å². The van der Waals surface area contributed by atoms with Crippen LogP contribution in [0.25, 0.3) is 27.6 Å². The summed E-state index contributed by atoms with van der Waals surface area (Å²) in [6, 6.07) is 17.1. The van der Waals surface area contributed by atoms with Gasteiger partial charge in [0.2, 0.25) is 5.95 Å². The van der Waals surface area contributed by atoms with Crippen molar-refractivity contribution in [2.24, 2.45) is 0 Å². The predicted molar refractivity (Wildman–Crippen MR) is 129 cm³/mol. The van der Waals surface area contributed by atoms with Gasteiger partial charge in [0.15, 0.2) is 17.1 Å². The molecule has 1 aliphatic heterocycles. The number of rotatable bonds is 5. The molecule has 9 nitrogen and oxygen atoms in total. The van der Waals surface area contributed by atoms with Crippen LogP contribution in [0, 0.1) is 0 Å². The molecule has 1 aliphatic rings. The third-order valence-corrected chi connectivity index (χ3v) is 5.92. The van der Waals surface area contributed by atoms with E-state index < -0.39 is 0 Å². The molecule has 0 saturated heterocycles. The van der Waals surface area contributed by atoms with Gasteiger partial charge in [0.1, 0.15) is 18.2 Å². The van der Waals surface area contributed by atoms with Crippen LogP contribution in [-0.4, -0.2) is 44.0 Å². The van der Waals surface area contributed by atoms with Crippen molar-refractivity contribution in [1.29, 1.82) is 0 Å². The highest BCUT2D eigenvalue weighted by molar-refractivity contribution is 6.03. The van der Waals surface area contributed by atoms with E-state index in [1.54, 1.807) is 10.8 Å². The predicted octanol–water partition coefficient (Wildman–Crippen LogP) is 3.47. The Morgan fingerprint density at radius 2 is 1.91 bits per heavy atom. The van der Waals surface area contributed by atoms with Crippen LogP contribution in [-0.2, 0) is 6.42 Å². The summed E-state index contributed by atoms with van der Waals surface area (Å²) in [5.74, 6) is 1.84. The molecular weight excluding hydrogens is 432 g/mol. The van der Waals surface area contributed by atoms with Crippen LogP contribution in [0.15, 0.2) is 65.6 Å². The lowest BCUT2D eigenvalue weighted by molar-refractivity contribution is 0.0996. The first-order valence-corrected chi connectivity index (χ1v) is 11.2. The summed E-state index contributed by atoms with van der Waals surface area (Å²) in [7, 11) is 0. The smallest absolute Gasteiger partial charge is 0.268 e. The van der Waals surface area contributed by atoms with Crippen molar-refractivity contribution in [3.05, 3.63) is 76.8 Å². The fraction of sp³-hybridized carbons (Fsp3) is 0.200. The minimum atomic E-state index is -0.202. The van der Waals surface area contributed by atoms with E-state index in [2.05, 4.69) is 20.5 Å².